The normalized spacial score (nSPS) is 20.9. The van der Waals surface area contributed by atoms with Gasteiger partial charge in [-0.1, -0.05) is 0 Å². The first-order valence-corrected chi connectivity index (χ1v) is 7.82. The lowest BCUT2D eigenvalue weighted by Crippen LogP contribution is -2.23. The second kappa shape index (κ2) is 5.37. The number of aryl methyl sites for hydroxylation is 2. The molecule has 0 aliphatic carbocycles. The molecular weight excluding hydrogens is 276 g/mol. The Hall–Kier alpha value is -1.07. The molecule has 2 atom stereocenters. The minimum absolute atomic E-state index is 0.234. The summed E-state index contributed by atoms with van der Waals surface area (Å²) in [5.74, 6) is 1.32. The van der Waals surface area contributed by atoms with Gasteiger partial charge in [-0.25, -0.2) is 9.67 Å². The summed E-state index contributed by atoms with van der Waals surface area (Å²) in [5.41, 5.74) is 3.00. The van der Waals surface area contributed by atoms with Gasteiger partial charge in [0.2, 0.25) is 0 Å². The molecule has 0 N–H and O–H groups in total. The summed E-state index contributed by atoms with van der Waals surface area (Å²) in [7, 11) is 0. The molecule has 2 unspecified atom stereocenters. The zero-order valence-corrected chi connectivity index (χ0v) is 13.0. The van der Waals surface area contributed by atoms with E-state index in [4.69, 9.17) is 16.3 Å². The molecule has 2 aromatic heterocycles. The highest BCUT2D eigenvalue weighted by molar-refractivity contribution is 6.16. The van der Waals surface area contributed by atoms with Crippen LogP contribution in [0.3, 0.4) is 0 Å². The summed E-state index contributed by atoms with van der Waals surface area (Å²) in [6.45, 7) is 7.97. The summed E-state index contributed by atoms with van der Waals surface area (Å²) in [4.78, 5) is 4.68. The molecule has 0 aromatic carbocycles. The fraction of sp³-hybridized carbons (Fsp3) is 0.714. The fourth-order valence-corrected chi connectivity index (χ4v) is 3.31. The lowest BCUT2D eigenvalue weighted by Gasteiger charge is -2.22. The molecule has 5 nitrogen and oxygen atoms in total. The van der Waals surface area contributed by atoms with E-state index in [9.17, 15) is 0 Å². The van der Waals surface area contributed by atoms with Crippen LogP contribution in [0.5, 0.6) is 0 Å². The van der Waals surface area contributed by atoms with E-state index in [0.717, 1.165) is 48.7 Å². The first kappa shape index (κ1) is 13.9. The Morgan fingerprint density at radius 3 is 2.90 bits per heavy atom. The van der Waals surface area contributed by atoms with E-state index in [0.29, 0.717) is 5.88 Å². The van der Waals surface area contributed by atoms with Crippen molar-refractivity contribution in [3.8, 4) is 0 Å². The topological polar surface area (TPSA) is 44.9 Å². The lowest BCUT2D eigenvalue weighted by molar-refractivity contribution is 0.0734. The van der Waals surface area contributed by atoms with E-state index in [2.05, 4.69) is 28.5 Å². The maximum atomic E-state index is 6.11. The number of ether oxygens (including phenoxy) is 1. The third kappa shape index (κ3) is 2.04. The van der Waals surface area contributed by atoms with Gasteiger partial charge in [0, 0.05) is 13.2 Å². The van der Waals surface area contributed by atoms with E-state index in [-0.39, 0.29) is 12.1 Å². The van der Waals surface area contributed by atoms with Crippen LogP contribution in [-0.4, -0.2) is 32.0 Å². The largest absolute Gasteiger partial charge is 0.376 e. The van der Waals surface area contributed by atoms with E-state index in [1.165, 1.54) is 0 Å². The van der Waals surface area contributed by atoms with Gasteiger partial charge in [-0.15, -0.1) is 11.6 Å². The van der Waals surface area contributed by atoms with Crippen molar-refractivity contribution < 1.29 is 4.74 Å². The van der Waals surface area contributed by atoms with E-state index >= 15 is 0 Å². The van der Waals surface area contributed by atoms with Gasteiger partial charge >= 0.3 is 0 Å². The van der Waals surface area contributed by atoms with Crippen LogP contribution in [0, 0.1) is 6.92 Å². The number of alkyl halides is 1. The van der Waals surface area contributed by atoms with E-state index in [1.807, 2.05) is 11.6 Å². The predicted molar refractivity (Wildman–Crippen MR) is 79.2 cm³/mol. The summed E-state index contributed by atoms with van der Waals surface area (Å²) >= 11 is 6.11. The van der Waals surface area contributed by atoms with Crippen LogP contribution in [0.25, 0.3) is 11.2 Å². The number of aromatic nitrogens is 4. The molecule has 0 spiro atoms. The molecule has 6 heteroatoms. The Balaban J connectivity index is 2.15. The maximum Gasteiger partial charge on any atom is 0.159 e. The Morgan fingerprint density at radius 2 is 2.30 bits per heavy atom. The van der Waals surface area contributed by atoms with Crippen LogP contribution in [0.2, 0.25) is 0 Å². The van der Waals surface area contributed by atoms with Crippen LogP contribution in [0.1, 0.15) is 44.2 Å². The Kier molecular flexibility index (Phi) is 3.73. The minimum Gasteiger partial charge on any atom is -0.376 e. The minimum atomic E-state index is 0.234. The zero-order valence-electron chi connectivity index (χ0n) is 12.3. The van der Waals surface area contributed by atoms with Crippen molar-refractivity contribution in [2.75, 3.05) is 6.61 Å². The van der Waals surface area contributed by atoms with Gasteiger partial charge in [0.25, 0.3) is 0 Å². The molecule has 20 heavy (non-hydrogen) atoms. The smallest absolute Gasteiger partial charge is 0.159 e. The highest BCUT2D eigenvalue weighted by Crippen LogP contribution is 2.30. The average molecular weight is 297 g/mol. The third-order valence-electron chi connectivity index (χ3n) is 4.15. The van der Waals surface area contributed by atoms with Crippen molar-refractivity contribution in [2.45, 2.75) is 58.2 Å². The van der Waals surface area contributed by atoms with Crippen LogP contribution < -0.4 is 0 Å². The van der Waals surface area contributed by atoms with Crippen LogP contribution in [0.4, 0.5) is 0 Å². The second-order valence-electron chi connectivity index (χ2n) is 5.40. The first-order chi connectivity index (χ1) is 9.67. The van der Waals surface area contributed by atoms with Crippen LogP contribution >= 0.6 is 11.6 Å². The Labute approximate surface area is 123 Å². The molecule has 110 valence electrons. The van der Waals surface area contributed by atoms with Gasteiger partial charge in [-0.3, -0.25) is 0 Å². The molecule has 0 radical (unpaired) electrons. The van der Waals surface area contributed by atoms with Crippen molar-refractivity contribution in [3.05, 3.63) is 11.5 Å². The fourth-order valence-electron chi connectivity index (χ4n) is 3.13. The molecule has 0 saturated carbocycles. The lowest BCUT2D eigenvalue weighted by atomic mass is 10.1. The molecule has 1 saturated heterocycles. The number of fused-ring (bicyclic) bond motifs is 1. The van der Waals surface area contributed by atoms with Gasteiger partial charge in [0.1, 0.15) is 11.3 Å². The second-order valence-corrected chi connectivity index (χ2v) is 5.66. The molecular formula is C14H21ClN4O. The molecule has 0 amide bonds. The van der Waals surface area contributed by atoms with Crippen LogP contribution in [-0.2, 0) is 17.2 Å². The van der Waals surface area contributed by atoms with Gasteiger partial charge in [-0.2, -0.15) is 5.10 Å². The molecule has 1 aliphatic rings. The number of halogens is 1. The number of rotatable bonds is 4. The molecule has 3 heterocycles. The number of hydrogen-bond donors (Lipinski definition) is 0. The molecule has 2 aromatic rings. The molecule has 1 fully saturated rings. The zero-order chi connectivity index (χ0) is 14.3. The summed E-state index contributed by atoms with van der Waals surface area (Å²) in [6, 6.07) is 0.234. The van der Waals surface area contributed by atoms with Crippen LogP contribution in [0.15, 0.2) is 0 Å². The van der Waals surface area contributed by atoms with Crippen molar-refractivity contribution in [3.63, 3.8) is 0 Å². The maximum absolute atomic E-state index is 6.11. The summed E-state index contributed by atoms with van der Waals surface area (Å²) < 4.78 is 10.1. The van der Waals surface area contributed by atoms with E-state index < -0.39 is 0 Å². The van der Waals surface area contributed by atoms with Gasteiger partial charge in [-0.05, 0) is 33.6 Å². The van der Waals surface area contributed by atoms with E-state index in [1.54, 1.807) is 0 Å². The third-order valence-corrected chi connectivity index (χ3v) is 4.39. The van der Waals surface area contributed by atoms with Crippen molar-refractivity contribution >= 4 is 22.8 Å². The van der Waals surface area contributed by atoms with Crippen molar-refractivity contribution in [2.24, 2.45) is 0 Å². The van der Waals surface area contributed by atoms with Gasteiger partial charge < -0.3 is 9.30 Å². The van der Waals surface area contributed by atoms with Crippen molar-refractivity contribution in [1.82, 2.24) is 19.3 Å². The predicted octanol–water partition coefficient (Wildman–Crippen LogP) is 3.04. The first-order valence-electron chi connectivity index (χ1n) is 7.29. The monoisotopic (exact) mass is 296 g/mol. The Morgan fingerprint density at radius 1 is 1.50 bits per heavy atom. The highest BCUT2D eigenvalue weighted by Gasteiger charge is 2.28. The average Bonchev–Trinajstić information content (AvgIpc) is 3.14. The Bertz CT molecular complexity index is 612. The molecule has 1 aliphatic heterocycles. The van der Waals surface area contributed by atoms with Gasteiger partial charge in [0.15, 0.2) is 5.65 Å². The van der Waals surface area contributed by atoms with Crippen molar-refractivity contribution in [1.29, 1.82) is 0 Å². The SMILES string of the molecule is CCn1nc(C)c2nc(CCl)n(C(C)C3CCCO3)c21. The molecule has 0 bridgehead atoms. The number of hydrogen-bond acceptors (Lipinski definition) is 3. The standard InChI is InChI=1S/C14H21ClN4O/c1-4-18-14-13(9(2)17-18)16-12(8-15)19(14)10(3)11-6-5-7-20-11/h10-11H,4-8H2,1-3H3. The quantitative estimate of drug-likeness (QED) is 0.815. The summed E-state index contributed by atoms with van der Waals surface area (Å²) in [5, 5.41) is 4.56. The number of imidazole rings is 1. The summed E-state index contributed by atoms with van der Waals surface area (Å²) in [6.07, 6.45) is 2.48. The molecule has 3 rings (SSSR count). The van der Waals surface area contributed by atoms with Gasteiger partial charge in [0.05, 0.1) is 23.7 Å². The number of nitrogens with zero attached hydrogens (tertiary/aromatic N) is 4. The highest BCUT2D eigenvalue weighted by atomic mass is 35.5.